The lowest BCUT2D eigenvalue weighted by Gasteiger charge is -2.31. The minimum absolute atomic E-state index is 0.633. The Morgan fingerprint density at radius 3 is 3.54 bits per heavy atom. The Balaban J connectivity index is 1.97. The van der Waals surface area contributed by atoms with Crippen LogP contribution in [0.4, 0.5) is 0 Å². The Morgan fingerprint density at radius 1 is 1.54 bits per heavy atom. The van der Waals surface area contributed by atoms with Gasteiger partial charge in [0.15, 0.2) is 0 Å². The Hall–Kier alpha value is -1.09. The molecule has 3 nitrogen and oxygen atoms in total. The van der Waals surface area contributed by atoms with E-state index in [0.29, 0.717) is 5.92 Å². The van der Waals surface area contributed by atoms with E-state index in [9.17, 15) is 0 Å². The molecule has 3 heterocycles. The average molecular weight is 175 g/mol. The number of aliphatic imine (C=N–C) groups is 1. The van der Waals surface area contributed by atoms with Gasteiger partial charge >= 0.3 is 0 Å². The van der Waals surface area contributed by atoms with Crippen LogP contribution < -0.4 is 5.32 Å². The van der Waals surface area contributed by atoms with Gasteiger partial charge in [-0.1, -0.05) is 0 Å². The standard InChI is InChI=1S/C10H13N3/c1-2-11-4-9-6-13-7-12-5-10(13)3-8(1)9/h1-3,9,12H,4-7H2. The predicted molar refractivity (Wildman–Crippen MR) is 52.6 cm³/mol. The summed E-state index contributed by atoms with van der Waals surface area (Å²) in [7, 11) is 0. The second kappa shape index (κ2) is 2.70. The monoisotopic (exact) mass is 175 g/mol. The number of hydrogen-bond donors (Lipinski definition) is 1. The van der Waals surface area contributed by atoms with Gasteiger partial charge in [-0.25, -0.2) is 0 Å². The van der Waals surface area contributed by atoms with Crippen molar-refractivity contribution < 1.29 is 0 Å². The van der Waals surface area contributed by atoms with Gasteiger partial charge < -0.3 is 4.90 Å². The number of rotatable bonds is 0. The highest BCUT2D eigenvalue weighted by atomic mass is 15.3. The second-order valence-electron chi connectivity index (χ2n) is 3.82. The molecule has 0 aliphatic carbocycles. The zero-order valence-electron chi connectivity index (χ0n) is 7.53. The van der Waals surface area contributed by atoms with E-state index in [0.717, 1.165) is 26.3 Å². The molecule has 0 bridgehead atoms. The van der Waals surface area contributed by atoms with Crippen LogP contribution in [0.1, 0.15) is 0 Å². The molecular weight excluding hydrogens is 162 g/mol. The first-order valence-corrected chi connectivity index (χ1v) is 4.80. The van der Waals surface area contributed by atoms with Crippen molar-refractivity contribution in [1.29, 1.82) is 0 Å². The van der Waals surface area contributed by atoms with Crippen LogP contribution in [0, 0.1) is 5.92 Å². The number of dihydropyridines is 1. The van der Waals surface area contributed by atoms with Crippen LogP contribution in [0.3, 0.4) is 0 Å². The van der Waals surface area contributed by atoms with Gasteiger partial charge in [0.25, 0.3) is 0 Å². The molecule has 0 radical (unpaired) electrons. The first kappa shape index (κ1) is 7.33. The lowest BCUT2D eigenvalue weighted by molar-refractivity contribution is 0.324. The summed E-state index contributed by atoms with van der Waals surface area (Å²) >= 11 is 0. The third-order valence-electron chi connectivity index (χ3n) is 2.96. The van der Waals surface area contributed by atoms with E-state index in [2.05, 4.69) is 27.4 Å². The van der Waals surface area contributed by atoms with E-state index in [1.165, 1.54) is 11.3 Å². The maximum Gasteiger partial charge on any atom is 0.0682 e. The molecule has 0 aromatic heterocycles. The van der Waals surface area contributed by atoms with Crippen molar-refractivity contribution in [3.05, 3.63) is 23.4 Å². The fourth-order valence-corrected chi connectivity index (χ4v) is 2.21. The number of hydrogen-bond acceptors (Lipinski definition) is 3. The molecule has 0 aromatic rings. The Labute approximate surface area is 77.8 Å². The summed E-state index contributed by atoms with van der Waals surface area (Å²) in [5, 5.41) is 3.36. The fourth-order valence-electron chi connectivity index (χ4n) is 2.21. The molecule has 3 rings (SSSR count). The third kappa shape index (κ3) is 1.11. The second-order valence-corrected chi connectivity index (χ2v) is 3.82. The molecule has 13 heavy (non-hydrogen) atoms. The van der Waals surface area contributed by atoms with E-state index in [1.807, 2.05) is 6.21 Å². The highest BCUT2D eigenvalue weighted by Gasteiger charge is 2.27. The first-order chi connectivity index (χ1) is 6.43. The van der Waals surface area contributed by atoms with E-state index >= 15 is 0 Å². The maximum atomic E-state index is 4.30. The van der Waals surface area contributed by atoms with Crippen molar-refractivity contribution in [2.24, 2.45) is 10.9 Å². The summed E-state index contributed by atoms with van der Waals surface area (Å²) in [4.78, 5) is 6.72. The molecule has 1 N–H and O–H groups in total. The Morgan fingerprint density at radius 2 is 2.54 bits per heavy atom. The molecule has 0 saturated carbocycles. The molecule has 0 spiro atoms. The molecule has 1 saturated heterocycles. The zero-order valence-corrected chi connectivity index (χ0v) is 7.53. The average Bonchev–Trinajstić information content (AvgIpc) is 2.61. The van der Waals surface area contributed by atoms with Gasteiger partial charge in [-0.05, 0) is 17.7 Å². The smallest absolute Gasteiger partial charge is 0.0682 e. The van der Waals surface area contributed by atoms with Crippen LogP contribution in [0.15, 0.2) is 28.4 Å². The van der Waals surface area contributed by atoms with Gasteiger partial charge in [-0.15, -0.1) is 0 Å². The van der Waals surface area contributed by atoms with Crippen LogP contribution in [0.25, 0.3) is 0 Å². The van der Waals surface area contributed by atoms with Gasteiger partial charge in [0, 0.05) is 37.5 Å². The van der Waals surface area contributed by atoms with Crippen LogP contribution in [0.2, 0.25) is 0 Å². The van der Waals surface area contributed by atoms with Crippen molar-refractivity contribution in [3.63, 3.8) is 0 Å². The minimum Gasteiger partial charge on any atom is -0.360 e. The molecule has 3 heteroatoms. The molecule has 1 atom stereocenters. The predicted octanol–water partition coefficient (Wildman–Crippen LogP) is 0.374. The van der Waals surface area contributed by atoms with Crippen LogP contribution in [-0.2, 0) is 0 Å². The fraction of sp³-hybridized carbons (Fsp3) is 0.500. The lowest BCUT2D eigenvalue weighted by atomic mass is 9.92. The van der Waals surface area contributed by atoms with Crippen molar-refractivity contribution in [2.45, 2.75) is 0 Å². The Kier molecular flexibility index (Phi) is 1.52. The van der Waals surface area contributed by atoms with Crippen molar-refractivity contribution in [3.8, 4) is 0 Å². The molecule has 1 fully saturated rings. The highest BCUT2D eigenvalue weighted by Crippen LogP contribution is 2.27. The van der Waals surface area contributed by atoms with Gasteiger partial charge in [0.2, 0.25) is 0 Å². The number of allylic oxidation sites excluding steroid dienone is 2. The normalized spacial score (nSPS) is 30.8. The SMILES string of the molecule is C1=NCC2CN3CNCC3=CC2=C1. The molecule has 1 unspecified atom stereocenters. The quantitative estimate of drug-likeness (QED) is 0.576. The van der Waals surface area contributed by atoms with Gasteiger partial charge in [0.1, 0.15) is 0 Å². The molecule has 68 valence electrons. The topological polar surface area (TPSA) is 27.6 Å². The summed E-state index contributed by atoms with van der Waals surface area (Å²) in [5.74, 6) is 0.633. The van der Waals surface area contributed by atoms with Crippen LogP contribution >= 0.6 is 0 Å². The summed E-state index contributed by atoms with van der Waals surface area (Å²) in [6.07, 6.45) is 6.40. The van der Waals surface area contributed by atoms with E-state index in [4.69, 9.17) is 0 Å². The van der Waals surface area contributed by atoms with Crippen molar-refractivity contribution in [2.75, 3.05) is 26.3 Å². The van der Waals surface area contributed by atoms with Crippen molar-refractivity contribution >= 4 is 6.21 Å². The molecule has 3 aliphatic rings. The molecule has 0 aromatic carbocycles. The van der Waals surface area contributed by atoms with Gasteiger partial charge in [-0.3, -0.25) is 10.3 Å². The summed E-state index contributed by atoms with van der Waals surface area (Å²) in [6.45, 7) is 4.15. The molecule has 3 aliphatic heterocycles. The Bertz CT molecular complexity index is 314. The number of fused-ring (bicyclic) bond motifs is 2. The van der Waals surface area contributed by atoms with Crippen LogP contribution in [-0.4, -0.2) is 37.4 Å². The molecular formula is C10H13N3. The summed E-state index contributed by atoms with van der Waals surface area (Å²) < 4.78 is 0. The number of nitrogens with one attached hydrogen (secondary N) is 1. The summed E-state index contributed by atoms with van der Waals surface area (Å²) in [5.41, 5.74) is 2.91. The van der Waals surface area contributed by atoms with E-state index in [-0.39, 0.29) is 0 Å². The van der Waals surface area contributed by atoms with Gasteiger partial charge in [-0.2, -0.15) is 0 Å². The van der Waals surface area contributed by atoms with Crippen LogP contribution in [0.5, 0.6) is 0 Å². The van der Waals surface area contributed by atoms with Crippen molar-refractivity contribution in [1.82, 2.24) is 10.2 Å². The third-order valence-corrected chi connectivity index (χ3v) is 2.96. The zero-order chi connectivity index (χ0) is 8.67. The lowest BCUT2D eigenvalue weighted by Crippen LogP contribution is -2.33. The van der Waals surface area contributed by atoms with Gasteiger partial charge in [0.05, 0.1) is 6.67 Å². The largest absolute Gasteiger partial charge is 0.360 e. The van der Waals surface area contributed by atoms with E-state index in [1.54, 1.807) is 0 Å². The first-order valence-electron chi connectivity index (χ1n) is 4.80. The molecule has 0 amide bonds. The van der Waals surface area contributed by atoms with E-state index < -0.39 is 0 Å². The minimum atomic E-state index is 0.633. The number of nitrogens with zero attached hydrogens (tertiary/aromatic N) is 2. The summed E-state index contributed by atoms with van der Waals surface area (Å²) in [6, 6.07) is 0. The maximum absolute atomic E-state index is 4.30. The highest BCUT2D eigenvalue weighted by molar-refractivity contribution is 5.74.